The largest absolute Gasteiger partial charge is 0.493 e. The number of hydrogen-bond acceptors (Lipinski definition) is 8. The van der Waals surface area contributed by atoms with E-state index in [1.807, 2.05) is 31.2 Å². The number of allylic oxidation sites excluding steroid dienone is 3. The van der Waals surface area contributed by atoms with Crippen LogP contribution in [0.5, 0.6) is 17.2 Å². The lowest BCUT2D eigenvalue weighted by atomic mass is 9.71. The summed E-state index contributed by atoms with van der Waals surface area (Å²) in [7, 11) is 6.10. The lowest BCUT2D eigenvalue weighted by Gasteiger charge is -2.37. The molecule has 0 saturated carbocycles. The van der Waals surface area contributed by atoms with Crippen LogP contribution in [0.2, 0.25) is 5.02 Å². The number of hydrogen-bond donors (Lipinski definition) is 1. The highest BCUT2D eigenvalue weighted by molar-refractivity contribution is 6.31. The quantitative estimate of drug-likeness (QED) is 0.353. The van der Waals surface area contributed by atoms with E-state index in [1.165, 1.54) is 28.4 Å². The van der Waals surface area contributed by atoms with Crippen molar-refractivity contribution >= 4 is 23.4 Å². The topological polar surface area (TPSA) is 92.3 Å². The van der Waals surface area contributed by atoms with Gasteiger partial charge in [0, 0.05) is 41.4 Å². The number of dihydropyridines is 1. The predicted molar refractivity (Wildman–Crippen MR) is 143 cm³/mol. The number of carbonyl (C=O) groups excluding carboxylic acids is 2. The van der Waals surface area contributed by atoms with Crippen molar-refractivity contribution in [1.29, 1.82) is 0 Å². The number of halogens is 1. The molecule has 2 aliphatic rings. The van der Waals surface area contributed by atoms with Gasteiger partial charge in [0.05, 0.1) is 33.5 Å². The summed E-state index contributed by atoms with van der Waals surface area (Å²) < 4.78 is 27.2. The molecule has 0 aromatic heterocycles. The minimum Gasteiger partial charge on any atom is -0.493 e. The minimum atomic E-state index is -0.699. The second kappa shape index (κ2) is 11.9. The Hall–Kier alpha value is -3.49. The van der Waals surface area contributed by atoms with Crippen LogP contribution in [-0.4, -0.2) is 53.4 Å². The van der Waals surface area contributed by atoms with Crippen molar-refractivity contribution < 1.29 is 33.3 Å². The van der Waals surface area contributed by atoms with Gasteiger partial charge in [0.25, 0.3) is 0 Å². The Morgan fingerprint density at radius 3 is 2.29 bits per heavy atom. The molecule has 0 radical (unpaired) electrons. The molecule has 0 bridgehead atoms. The molecule has 0 fully saturated rings. The summed E-state index contributed by atoms with van der Waals surface area (Å²) in [6, 6.07) is 11.1. The van der Waals surface area contributed by atoms with Crippen LogP contribution in [0, 0.1) is 0 Å². The molecule has 8 nitrogen and oxygen atoms in total. The van der Waals surface area contributed by atoms with Crippen molar-refractivity contribution in [2.24, 2.45) is 0 Å². The van der Waals surface area contributed by atoms with Gasteiger partial charge in [0.1, 0.15) is 6.61 Å². The van der Waals surface area contributed by atoms with Gasteiger partial charge in [-0.1, -0.05) is 29.8 Å². The summed E-state index contributed by atoms with van der Waals surface area (Å²) in [5.74, 6) is -0.134. The van der Waals surface area contributed by atoms with Crippen molar-refractivity contribution in [3.8, 4) is 17.2 Å². The SMILES string of the molecule is COCCOC(=O)C1=C(C)NC2=C(C(=O)C[C@@H](c3ccccc3Cl)C2)[C@@H]1c1cc(OC)c(OC)c(OC)c1. The van der Waals surface area contributed by atoms with Gasteiger partial charge in [-0.2, -0.15) is 0 Å². The molecule has 2 aromatic carbocycles. The van der Waals surface area contributed by atoms with E-state index in [0.29, 0.717) is 51.1 Å². The maximum absolute atomic E-state index is 13.9. The Morgan fingerprint density at radius 2 is 1.68 bits per heavy atom. The molecule has 2 aromatic rings. The van der Waals surface area contributed by atoms with Gasteiger partial charge >= 0.3 is 5.97 Å². The van der Waals surface area contributed by atoms with Gasteiger partial charge in [0.2, 0.25) is 5.75 Å². The van der Waals surface area contributed by atoms with Gasteiger partial charge in [-0.3, -0.25) is 4.79 Å². The molecule has 0 unspecified atom stereocenters. The molecule has 1 heterocycles. The lowest BCUT2D eigenvalue weighted by molar-refractivity contribution is -0.140. The Labute approximate surface area is 227 Å². The number of carbonyl (C=O) groups is 2. The zero-order valence-electron chi connectivity index (χ0n) is 22.2. The third kappa shape index (κ3) is 5.24. The maximum Gasteiger partial charge on any atom is 0.336 e. The van der Waals surface area contributed by atoms with E-state index in [1.54, 1.807) is 12.1 Å². The zero-order chi connectivity index (χ0) is 27.4. The third-order valence-electron chi connectivity index (χ3n) is 6.93. The summed E-state index contributed by atoms with van der Waals surface area (Å²) in [6.45, 7) is 2.15. The first kappa shape index (κ1) is 27.5. The van der Waals surface area contributed by atoms with E-state index in [2.05, 4.69) is 5.32 Å². The van der Waals surface area contributed by atoms with E-state index in [0.717, 1.165) is 11.3 Å². The smallest absolute Gasteiger partial charge is 0.336 e. The van der Waals surface area contributed by atoms with Crippen molar-refractivity contribution in [3.63, 3.8) is 0 Å². The van der Waals surface area contributed by atoms with Gasteiger partial charge < -0.3 is 29.0 Å². The first-order chi connectivity index (χ1) is 18.3. The monoisotopic (exact) mass is 541 g/mol. The molecule has 0 spiro atoms. The van der Waals surface area contributed by atoms with Crippen LogP contribution >= 0.6 is 11.6 Å². The fourth-order valence-electron chi connectivity index (χ4n) is 5.23. The van der Waals surface area contributed by atoms with E-state index in [-0.39, 0.29) is 31.3 Å². The summed E-state index contributed by atoms with van der Waals surface area (Å²) >= 11 is 6.49. The standard InChI is InChI=1S/C29H32ClNO7/c1-16-25(29(33)38-11-10-34-2)26(18-14-23(35-3)28(37-5)24(15-18)36-4)27-21(31-16)12-17(13-22(27)32)19-8-6-7-9-20(19)30/h6-9,14-15,17,26,31H,10-13H2,1-5H3/t17-,26+/m0/s1. The van der Waals surface area contributed by atoms with Gasteiger partial charge in [-0.05, 0) is 48.6 Å². The van der Waals surface area contributed by atoms with Crippen LogP contribution in [0.1, 0.15) is 42.7 Å². The number of ketones is 1. The molecule has 0 amide bonds. The summed E-state index contributed by atoms with van der Waals surface area (Å²) in [4.78, 5) is 27.2. The number of ether oxygens (including phenoxy) is 5. The number of Topliss-reactive ketones (excluding diaryl/α,β-unsaturated/α-hetero) is 1. The number of esters is 1. The van der Waals surface area contributed by atoms with Crippen LogP contribution in [0.25, 0.3) is 0 Å². The molecule has 1 aliphatic heterocycles. The van der Waals surface area contributed by atoms with Crippen LogP contribution in [0.3, 0.4) is 0 Å². The highest BCUT2D eigenvalue weighted by Gasteiger charge is 2.42. The second-order valence-electron chi connectivity index (χ2n) is 9.13. The normalized spacial score (nSPS) is 19.1. The number of methoxy groups -OCH3 is 4. The molecule has 9 heteroatoms. The van der Waals surface area contributed by atoms with Gasteiger partial charge in [-0.15, -0.1) is 0 Å². The summed E-state index contributed by atoms with van der Waals surface area (Å²) in [5.41, 5.74) is 3.81. The van der Waals surface area contributed by atoms with Crippen molar-refractivity contribution in [2.75, 3.05) is 41.7 Å². The van der Waals surface area contributed by atoms with Crippen molar-refractivity contribution in [2.45, 2.75) is 31.6 Å². The first-order valence-electron chi connectivity index (χ1n) is 12.3. The molecule has 4 rings (SSSR count). The fraction of sp³-hybridized carbons (Fsp3) is 0.379. The Balaban J connectivity index is 1.86. The average Bonchev–Trinajstić information content (AvgIpc) is 2.91. The third-order valence-corrected chi connectivity index (χ3v) is 7.28. The number of nitrogens with one attached hydrogen (secondary N) is 1. The molecule has 38 heavy (non-hydrogen) atoms. The molecular formula is C29H32ClNO7. The maximum atomic E-state index is 13.9. The molecule has 1 aliphatic carbocycles. The highest BCUT2D eigenvalue weighted by Crippen LogP contribution is 2.49. The number of rotatable bonds is 9. The van der Waals surface area contributed by atoms with Crippen LogP contribution in [0.15, 0.2) is 58.9 Å². The lowest BCUT2D eigenvalue weighted by Crippen LogP contribution is -2.36. The Kier molecular flexibility index (Phi) is 8.64. The van der Waals surface area contributed by atoms with E-state index in [9.17, 15) is 9.59 Å². The van der Waals surface area contributed by atoms with E-state index >= 15 is 0 Å². The van der Waals surface area contributed by atoms with Crippen molar-refractivity contribution in [1.82, 2.24) is 5.32 Å². The molecular weight excluding hydrogens is 510 g/mol. The second-order valence-corrected chi connectivity index (χ2v) is 9.53. The Bertz CT molecular complexity index is 1270. The number of benzene rings is 2. The molecule has 1 N–H and O–H groups in total. The average molecular weight is 542 g/mol. The molecule has 0 saturated heterocycles. The van der Waals surface area contributed by atoms with Crippen LogP contribution < -0.4 is 19.5 Å². The minimum absolute atomic E-state index is 0.0721. The fourth-order valence-corrected chi connectivity index (χ4v) is 5.52. The first-order valence-corrected chi connectivity index (χ1v) is 12.7. The van der Waals surface area contributed by atoms with E-state index < -0.39 is 11.9 Å². The predicted octanol–water partition coefficient (Wildman–Crippen LogP) is 4.92. The van der Waals surface area contributed by atoms with Crippen LogP contribution in [-0.2, 0) is 19.1 Å². The Morgan fingerprint density at radius 1 is 1.00 bits per heavy atom. The molecule has 2 atom stereocenters. The zero-order valence-corrected chi connectivity index (χ0v) is 22.9. The summed E-state index contributed by atoms with van der Waals surface area (Å²) in [6.07, 6.45) is 0.825. The highest BCUT2D eigenvalue weighted by atomic mass is 35.5. The van der Waals surface area contributed by atoms with E-state index in [4.69, 9.17) is 35.3 Å². The molecule has 202 valence electrons. The van der Waals surface area contributed by atoms with Crippen molar-refractivity contribution in [3.05, 3.63) is 75.1 Å². The van der Waals surface area contributed by atoms with Gasteiger partial charge in [0.15, 0.2) is 17.3 Å². The van der Waals surface area contributed by atoms with Gasteiger partial charge in [-0.25, -0.2) is 4.79 Å². The van der Waals surface area contributed by atoms with Crippen LogP contribution in [0.4, 0.5) is 0 Å². The summed E-state index contributed by atoms with van der Waals surface area (Å²) in [5, 5.41) is 3.97.